The molecular formula is C29H33N5O4. The Bertz CT molecular complexity index is 1350. The Kier molecular flexibility index (Phi) is 6.03. The first-order chi connectivity index (χ1) is 18.6. The molecule has 1 N–H and O–H groups in total. The molecule has 9 nitrogen and oxygen atoms in total. The van der Waals surface area contributed by atoms with Crippen molar-refractivity contribution in [2.24, 2.45) is 17.8 Å². The molecule has 0 spiro atoms. The summed E-state index contributed by atoms with van der Waals surface area (Å²) in [5.41, 5.74) is 4.01. The third-order valence-electron chi connectivity index (χ3n) is 8.68. The number of fused-ring (bicyclic) bond motifs is 2. The summed E-state index contributed by atoms with van der Waals surface area (Å²) in [6, 6.07) is 11.6. The molecule has 1 aromatic heterocycles. The van der Waals surface area contributed by atoms with Crippen molar-refractivity contribution in [3.05, 3.63) is 53.1 Å². The van der Waals surface area contributed by atoms with Crippen LogP contribution in [0, 0.1) is 17.8 Å². The molecule has 1 unspecified atom stereocenters. The molecule has 7 rings (SSSR count). The topological polar surface area (TPSA) is 101 Å². The molecule has 1 saturated carbocycles. The van der Waals surface area contributed by atoms with Gasteiger partial charge >= 0.3 is 0 Å². The van der Waals surface area contributed by atoms with Crippen LogP contribution in [0.4, 0.5) is 0 Å². The first kappa shape index (κ1) is 23.6. The standard InChI is InChI=1S/C29H33N5O4/c35-28(20-3-4-26-27(12-20)31-32-30-26)33-13-23-15-34(16-24(23)14-33)29(36)22-9-21(19-1-2-19)10-25(11-22)38-17-18-5-7-37-8-6-18/h3-4,9-12,18-19,23-24H,1-2,5-8,13-17H2,(H,30,31,32)/t23-,24?/m0/s1. The maximum atomic E-state index is 13.6. The first-order valence-corrected chi connectivity index (χ1v) is 13.9. The number of hydrogen-bond acceptors (Lipinski definition) is 6. The van der Waals surface area contributed by atoms with E-state index in [0.717, 1.165) is 42.9 Å². The number of aromatic nitrogens is 3. The fraction of sp³-hybridized carbons (Fsp3) is 0.517. The van der Waals surface area contributed by atoms with Crippen molar-refractivity contribution < 1.29 is 19.1 Å². The van der Waals surface area contributed by atoms with Gasteiger partial charge < -0.3 is 19.3 Å². The molecule has 3 saturated heterocycles. The summed E-state index contributed by atoms with van der Waals surface area (Å²) in [6.45, 7) is 4.99. The van der Waals surface area contributed by atoms with E-state index in [1.807, 2.05) is 28.0 Å². The minimum Gasteiger partial charge on any atom is -0.493 e. The van der Waals surface area contributed by atoms with Crippen LogP contribution in [0.2, 0.25) is 0 Å². The average Bonchev–Trinajstić information content (AvgIpc) is 3.37. The molecule has 1 aliphatic carbocycles. The number of carbonyl (C=O) groups excluding carboxylic acids is 2. The van der Waals surface area contributed by atoms with Gasteiger partial charge in [0.15, 0.2) is 0 Å². The lowest BCUT2D eigenvalue weighted by Crippen LogP contribution is -2.35. The molecule has 0 bridgehead atoms. The van der Waals surface area contributed by atoms with E-state index in [-0.39, 0.29) is 11.8 Å². The lowest BCUT2D eigenvalue weighted by atomic mass is 10.0. The highest BCUT2D eigenvalue weighted by molar-refractivity contribution is 5.97. The first-order valence-electron chi connectivity index (χ1n) is 13.9. The minimum atomic E-state index is 0.0191. The summed E-state index contributed by atoms with van der Waals surface area (Å²) < 4.78 is 11.7. The van der Waals surface area contributed by atoms with Gasteiger partial charge in [0.2, 0.25) is 0 Å². The van der Waals surface area contributed by atoms with E-state index in [0.29, 0.717) is 67.5 Å². The van der Waals surface area contributed by atoms with Gasteiger partial charge in [-0.3, -0.25) is 9.59 Å². The number of ether oxygens (including phenoxy) is 2. The fourth-order valence-electron chi connectivity index (χ4n) is 6.27. The van der Waals surface area contributed by atoms with Gasteiger partial charge in [0, 0.05) is 62.4 Å². The third-order valence-corrected chi connectivity index (χ3v) is 8.68. The van der Waals surface area contributed by atoms with Crippen LogP contribution in [-0.4, -0.2) is 83.0 Å². The van der Waals surface area contributed by atoms with E-state index in [2.05, 4.69) is 27.5 Å². The summed E-state index contributed by atoms with van der Waals surface area (Å²) in [4.78, 5) is 30.7. The van der Waals surface area contributed by atoms with Gasteiger partial charge in [0.05, 0.1) is 6.61 Å². The summed E-state index contributed by atoms with van der Waals surface area (Å²) in [5.74, 6) is 2.56. The second kappa shape index (κ2) is 9.69. The Hall–Kier alpha value is -3.46. The van der Waals surface area contributed by atoms with Crippen molar-refractivity contribution in [2.75, 3.05) is 46.0 Å². The molecule has 2 amide bonds. The van der Waals surface area contributed by atoms with E-state index in [4.69, 9.17) is 9.47 Å². The van der Waals surface area contributed by atoms with E-state index >= 15 is 0 Å². The maximum absolute atomic E-state index is 13.6. The fourth-order valence-corrected chi connectivity index (χ4v) is 6.27. The molecule has 3 aromatic rings. The molecule has 2 atom stereocenters. The number of nitrogens with zero attached hydrogens (tertiary/aromatic N) is 4. The Morgan fingerprint density at radius 1 is 0.842 bits per heavy atom. The average molecular weight is 516 g/mol. The van der Waals surface area contributed by atoms with E-state index in [1.54, 1.807) is 6.07 Å². The highest BCUT2D eigenvalue weighted by Gasteiger charge is 2.43. The van der Waals surface area contributed by atoms with Gasteiger partial charge in [0.1, 0.15) is 16.8 Å². The largest absolute Gasteiger partial charge is 0.493 e. The Morgan fingerprint density at radius 2 is 1.53 bits per heavy atom. The van der Waals surface area contributed by atoms with Gasteiger partial charge in [-0.25, -0.2) is 0 Å². The predicted octanol–water partition coefficient (Wildman–Crippen LogP) is 3.48. The normalized spacial score (nSPS) is 23.7. The van der Waals surface area contributed by atoms with E-state index < -0.39 is 0 Å². The number of nitrogens with one attached hydrogen (secondary N) is 1. The van der Waals surface area contributed by atoms with Crippen LogP contribution in [-0.2, 0) is 4.74 Å². The van der Waals surface area contributed by atoms with Crippen molar-refractivity contribution in [3.63, 3.8) is 0 Å². The number of rotatable bonds is 6. The zero-order valence-electron chi connectivity index (χ0n) is 21.5. The molecular weight excluding hydrogens is 482 g/mol. The molecule has 198 valence electrons. The van der Waals surface area contributed by atoms with Crippen LogP contribution in [0.25, 0.3) is 11.0 Å². The number of likely N-dealkylation sites (tertiary alicyclic amines) is 2. The van der Waals surface area contributed by atoms with Crippen molar-refractivity contribution in [1.29, 1.82) is 0 Å². The Morgan fingerprint density at radius 3 is 2.24 bits per heavy atom. The van der Waals surface area contributed by atoms with Crippen LogP contribution < -0.4 is 4.74 Å². The monoisotopic (exact) mass is 515 g/mol. The summed E-state index contributed by atoms with van der Waals surface area (Å²) >= 11 is 0. The van der Waals surface area contributed by atoms with Crippen LogP contribution in [0.15, 0.2) is 36.4 Å². The maximum Gasteiger partial charge on any atom is 0.254 e. The molecule has 2 aromatic carbocycles. The van der Waals surface area contributed by atoms with Crippen molar-refractivity contribution >= 4 is 22.8 Å². The van der Waals surface area contributed by atoms with Gasteiger partial charge in [-0.1, -0.05) is 0 Å². The third kappa shape index (κ3) is 4.64. The quantitative estimate of drug-likeness (QED) is 0.540. The Balaban J connectivity index is 1.01. The molecule has 4 fully saturated rings. The van der Waals surface area contributed by atoms with E-state index in [9.17, 15) is 9.59 Å². The van der Waals surface area contributed by atoms with Crippen molar-refractivity contribution in [2.45, 2.75) is 31.6 Å². The Labute approximate surface area is 221 Å². The summed E-state index contributed by atoms with van der Waals surface area (Å²) in [7, 11) is 0. The zero-order valence-corrected chi connectivity index (χ0v) is 21.5. The second-order valence-corrected chi connectivity index (χ2v) is 11.4. The van der Waals surface area contributed by atoms with Gasteiger partial charge in [-0.15, -0.1) is 0 Å². The highest BCUT2D eigenvalue weighted by atomic mass is 16.5. The molecule has 4 aliphatic rings. The van der Waals surface area contributed by atoms with Gasteiger partial charge in [-0.2, -0.15) is 15.4 Å². The molecule has 3 aliphatic heterocycles. The summed E-state index contributed by atoms with van der Waals surface area (Å²) in [5, 5.41) is 10.8. The van der Waals surface area contributed by atoms with Crippen LogP contribution in [0.1, 0.15) is 57.9 Å². The SMILES string of the molecule is O=C(c1cc(OCC2CCOCC2)cc(C2CC2)c1)N1CC2CN(C(=O)c3ccc4n[nH]nc4c3)C[C@H]2C1. The molecule has 9 heteroatoms. The van der Waals surface area contributed by atoms with Gasteiger partial charge in [0.25, 0.3) is 11.8 Å². The van der Waals surface area contributed by atoms with Crippen molar-refractivity contribution in [3.8, 4) is 5.75 Å². The highest BCUT2D eigenvalue weighted by Crippen LogP contribution is 2.42. The van der Waals surface area contributed by atoms with Crippen LogP contribution >= 0.6 is 0 Å². The molecule has 4 heterocycles. The summed E-state index contributed by atoms with van der Waals surface area (Å²) in [6.07, 6.45) is 4.41. The van der Waals surface area contributed by atoms with Gasteiger partial charge in [-0.05, 0) is 79.5 Å². The number of H-pyrrole nitrogens is 1. The zero-order chi connectivity index (χ0) is 25.6. The molecule has 0 radical (unpaired) electrons. The predicted molar refractivity (Wildman–Crippen MR) is 140 cm³/mol. The number of amides is 2. The van der Waals surface area contributed by atoms with Crippen LogP contribution in [0.5, 0.6) is 5.75 Å². The second-order valence-electron chi connectivity index (χ2n) is 11.4. The number of benzene rings is 2. The number of hydrogen-bond donors (Lipinski definition) is 1. The number of carbonyl (C=O) groups is 2. The van der Waals surface area contributed by atoms with Crippen LogP contribution in [0.3, 0.4) is 0 Å². The molecule has 38 heavy (non-hydrogen) atoms. The van der Waals surface area contributed by atoms with Crippen molar-refractivity contribution in [1.82, 2.24) is 25.2 Å². The lowest BCUT2D eigenvalue weighted by molar-refractivity contribution is 0.0497. The smallest absolute Gasteiger partial charge is 0.254 e. The van der Waals surface area contributed by atoms with E-state index in [1.165, 1.54) is 18.4 Å². The lowest BCUT2D eigenvalue weighted by Gasteiger charge is -2.23. The minimum absolute atomic E-state index is 0.0191. The number of aromatic amines is 1.